The van der Waals surface area contributed by atoms with E-state index in [1.165, 1.54) is 11.3 Å². The Morgan fingerprint density at radius 2 is 2.00 bits per heavy atom. The van der Waals surface area contributed by atoms with Crippen molar-refractivity contribution in [1.29, 1.82) is 0 Å². The van der Waals surface area contributed by atoms with E-state index in [0.29, 0.717) is 27.1 Å². The Morgan fingerprint density at radius 1 is 1.21 bits per heavy atom. The van der Waals surface area contributed by atoms with Crippen LogP contribution in [0.1, 0.15) is 23.7 Å². The molecule has 0 aromatic carbocycles. The predicted octanol–water partition coefficient (Wildman–Crippen LogP) is 1.48. The standard InChI is InChI=1S/C22H25ClN6O3S/c1-10-14(19-22(24-2)32-19)17(30)18(31)16(10)29-9-25-15-20(28(3)4)26-13(27-21(15)29)8-6-11-5-7-12(23)33-11/h5,7,9-10,14,16-19,22,24,30-31H,1-4H3/t10-,14-,16+,17+,18-,19?,22-/m0/s1. The van der Waals surface area contributed by atoms with Gasteiger partial charge in [-0.05, 0) is 36.9 Å². The van der Waals surface area contributed by atoms with E-state index < -0.39 is 18.2 Å². The number of hydrogen-bond donors (Lipinski definition) is 3. The molecule has 174 valence electrons. The maximum absolute atomic E-state index is 11.0. The van der Waals surface area contributed by atoms with Gasteiger partial charge in [0.1, 0.15) is 18.4 Å². The first kappa shape index (κ1) is 22.5. The van der Waals surface area contributed by atoms with Crippen molar-refractivity contribution in [1.82, 2.24) is 24.8 Å². The number of aliphatic hydroxyl groups excluding tert-OH is 2. The number of thiophene rings is 1. The molecule has 33 heavy (non-hydrogen) atoms. The van der Waals surface area contributed by atoms with Crippen LogP contribution < -0.4 is 10.2 Å². The van der Waals surface area contributed by atoms with Crippen LogP contribution in [-0.4, -0.2) is 75.4 Å². The normalized spacial score (nSPS) is 30.9. The average molecular weight is 489 g/mol. The molecule has 7 atom stereocenters. The van der Waals surface area contributed by atoms with Gasteiger partial charge in [-0.15, -0.1) is 11.3 Å². The first-order valence-electron chi connectivity index (χ1n) is 10.7. The molecule has 9 nitrogen and oxygen atoms in total. The molecule has 0 spiro atoms. The topological polar surface area (TPSA) is 112 Å². The Morgan fingerprint density at radius 3 is 2.64 bits per heavy atom. The van der Waals surface area contributed by atoms with Gasteiger partial charge in [-0.3, -0.25) is 5.32 Å². The molecular weight excluding hydrogens is 464 g/mol. The third-order valence-corrected chi connectivity index (χ3v) is 7.59. The predicted molar refractivity (Wildman–Crippen MR) is 126 cm³/mol. The fraction of sp³-hybridized carbons (Fsp3) is 0.500. The van der Waals surface area contributed by atoms with E-state index in [4.69, 9.17) is 16.3 Å². The maximum atomic E-state index is 11.0. The molecule has 0 bridgehead atoms. The second-order valence-electron chi connectivity index (χ2n) is 8.66. The zero-order chi connectivity index (χ0) is 23.4. The van der Waals surface area contributed by atoms with Gasteiger partial charge in [-0.25, -0.2) is 15.0 Å². The molecule has 1 saturated heterocycles. The Bertz CT molecular complexity index is 1250. The molecule has 2 aliphatic rings. The van der Waals surface area contributed by atoms with Crippen molar-refractivity contribution in [3.05, 3.63) is 33.5 Å². The summed E-state index contributed by atoms with van der Waals surface area (Å²) in [5.41, 5.74) is 1.17. The average Bonchev–Trinajstić information content (AvgIpc) is 3.13. The van der Waals surface area contributed by atoms with Crippen LogP contribution in [0.5, 0.6) is 0 Å². The summed E-state index contributed by atoms with van der Waals surface area (Å²) in [5, 5.41) is 24.9. The van der Waals surface area contributed by atoms with Gasteiger partial charge >= 0.3 is 0 Å². The van der Waals surface area contributed by atoms with Crippen LogP contribution in [0.25, 0.3) is 11.2 Å². The molecule has 3 aromatic heterocycles. The number of rotatable bonds is 4. The third kappa shape index (κ3) is 3.89. The lowest BCUT2D eigenvalue weighted by Gasteiger charge is -2.22. The fourth-order valence-corrected chi connectivity index (χ4v) is 5.72. The van der Waals surface area contributed by atoms with E-state index in [2.05, 4.69) is 32.1 Å². The number of likely N-dealkylation sites (N-methyl/N-ethyl adjacent to an activating group) is 1. The Labute approximate surface area is 200 Å². The van der Waals surface area contributed by atoms with Crippen LogP contribution in [0.15, 0.2) is 18.5 Å². The molecule has 3 N–H and O–H groups in total. The first-order valence-corrected chi connectivity index (χ1v) is 11.9. The highest BCUT2D eigenvalue weighted by atomic mass is 35.5. The van der Waals surface area contributed by atoms with E-state index in [1.54, 1.807) is 12.4 Å². The van der Waals surface area contributed by atoms with Crippen LogP contribution in [0.4, 0.5) is 5.82 Å². The van der Waals surface area contributed by atoms with Crippen molar-refractivity contribution in [2.75, 3.05) is 26.0 Å². The van der Waals surface area contributed by atoms with E-state index in [9.17, 15) is 10.2 Å². The summed E-state index contributed by atoms with van der Waals surface area (Å²) in [6, 6.07) is 3.23. The largest absolute Gasteiger partial charge is 0.390 e. The fourth-order valence-electron chi connectivity index (χ4n) is 4.83. The Hall–Kier alpha value is -2.26. The number of ether oxygens (including phenoxy) is 1. The third-order valence-electron chi connectivity index (χ3n) is 6.45. The molecule has 3 aromatic rings. The van der Waals surface area contributed by atoms with Gasteiger partial charge in [0.15, 0.2) is 17.0 Å². The summed E-state index contributed by atoms with van der Waals surface area (Å²) in [5.74, 6) is 6.77. The van der Waals surface area contributed by atoms with Gasteiger partial charge in [0.2, 0.25) is 5.82 Å². The lowest BCUT2D eigenvalue weighted by Crippen LogP contribution is -2.32. The van der Waals surface area contributed by atoms with Crippen LogP contribution in [0.3, 0.4) is 0 Å². The lowest BCUT2D eigenvalue weighted by atomic mass is 9.91. The van der Waals surface area contributed by atoms with E-state index in [1.807, 2.05) is 43.6 Å². The Kier molecular flexibility index (Phi) is 5.81. The maximum Gasteiger partial charge on any atom is 0.209 e. The first-order chi connectivity index (χ1) is 15.8. The zero-order valence-electron chi connectivity index (χ0n) is 18.6. The minimum atomic E-state index is -0.982. The van der Waals surface area contributed by atoms with Gasteiger partial charge in [-0.1, -0.05) is 18.5 Å². The van der Waals surface area contributed by atoms with E-state index >= 15 is 0 Å². The highest BCUT2D eigenvalue weighted by molar-refractivity contribution is 7.16. The highest BCUT2D eigenvalue weighted by Crippen LogP contribution is 2.48. The number of nitrogens with zero attached hydrogens (tertiary/aromatic N) is 5. The van der Waals surface area contributed by atoms with Gasteiger partial charge < -0.3 is 24.4 Å². The SMILES string of the molecule is CN[C@H]1OC1[C@H]1[C@H](C)[C@@H](n2cnc3c(N(C)C)nc(C#Cc4ccc(Cl)s4)nc32)[C@H](O)[C@@H]1O. The van der Waals surface area contributed by atoms with Crippen LogP contribution in [0.2, 0.25) is 4.34 Å². The smallest absolute Gasteiger partial charge is 0.209 e. The number of halogens is 1. The number of aliphatic hydroxyl groups is 2. The van der Waals surface area contributed by atoms with Crippen LogP contribution >= 0.6 is 22.9 Å². The number of hydrogen-bond acceptors (Lipinski definition) is 9. The van der Waals surface area contributed by atoms with E-state index in [0.717, 1.165) is 4.88 Å². The summed E-state index contributed by atoms with van der Waals surface area (Å²) in [6.07, 6.45) is -0.479. The molecule has 4 heterocycles. The summed E-state index contributed by atoms with van der Waals surface area (Å²) < 4.78 is 8.18. The van der Waals surface area contributed by atoms with Crippen LogP contribution in [-0.2, 0) is 4.74 Å². The van der Waals surface area contributed by atoms with Crippen molar-refractivity contribution < 1.29 is 14.9 Å². The highest BCUT2D eigenvalue weighted by Gasteiger charge is 2.58. The monoisotopic (exact) mass is 488 g/mol. The molecule has 0 radical (unpaired) electrons. The number of fused-ring (bicyclic) bond motifs is 1. The zero-order valence-corrected chi connectivity index (χ0v) is 20.2. The van der Waals surface area contributed by atoms with Gasteiger partial charge in [-0.2, -0.15) is 0 Å². The molecule has 0 amide bonds. The summed E-state index contributed by atoms with van der Waals surface area (Å²) in [4.78, 5) is 16.5. The number of imidazole rings is 1. The minimum Gasteiger partial charge on any atom is -0.390 e. The van der Waals surface area contributed by atoms with Gasteiger partial charge in [0.25, 0.3) is 0 Å². The summed E-state index contributed by atoms with van der Waals surface area (Å²) in [7, 11) is 5.58. The van der Waals surface area contributed by atoms with Crippen molar-refractivity contribution in [2.45, 2.75) is 37.5 Å². The molecular formula is C22H25ClN6O3S. The lowest BCUT2D eigenvalue weighted by molar-refractivity contribution is 0.00173. The Balaban J connectivity index is 1.56. The minimum absolute atomic E-state index is 0.0729. The van der Waals surface area contributed by atoms with Crippen molar-refractivity contribution in [3.8, 4) is 11.8 Å². The quantitative estimate of drug-likeness (QED) is 0.374. The molecule has 11 heteroatoms. The van der Waals surface area contributed by atoms with Gasteiger partial charge in [0.05, 0.1) is 27.7 Å². The molecule has 1 aliphatic carbocycles. The number of epoxide rings is 1. The van der Waals surface area contributed by atoms with Crippen LogP contribution in [0, 0.1) is 23.7 Å². The van der Waals surface area contributed by atoms with Crippen molar-refractivity contribution in [3.63, 3.8) is 0 Å². The van der Waals surface area contributed by atoms with Gasteiger partial charge in [0, 0.05) is 20.0 Å². The number of aromatic nitrogens is 4. The molecule has 5 rings (SSSR count). The number of anilines is 1. The van der Waals surface area contributed by atoms with E-state index in [-0.39, 0.29) is 24.2 Å². The molecule has 1 unspecified atom stereocenters. The van der Waals surface area contributed by atoms with Crippen molar-refractivity contribution in [2.24, 2.45) is 11.8 Å². The number of nitrogens with one attached hydrogen (secondary N) is 1. The second-order valence-corrected chi connectivity index (χ2v) is 10.4. The molecule has 1 aliphatic heterocycles. The second kappa shape index (κ2) is 8.51. The molecule has 1 saturated carbocycles. The summed E-state index contributed by atoms with van der Waals surface area (Å²) in [6.45, 7) is 2.02. The molecule has 2 fully saturated rings. The van der Waals surface area contributed by atoms with Crippen molar-refractivity contribution >= 4 is 39.9 Å². The summed E-state index contributed by atoms with van der Waals surface area (Å²) >= 11 is 7.39.